The molecule has 0 radical (unpaired) electrons. The van der Waals surface area contributed by atoms with Crippen LogP contribution in [0.3, 0.4) is 0 Å². The van der Waals surface area contributed by atoms with Crippen molar-refractivity contribution < 1.29 is 14.3 Å². The molecule has 1 N–H and O–H groups in total. The van der Waals surface area contributed by atoms with Gasteiger partial charge in [0.15, 0.2) is 0 Å². The number of amides is 1. The Balaban J connectivity index is 1.49. The highest BCUT2D eigenvalue weighted by molar-refractivity contribution is 6.05. The van der Waals surface area contributed by atoms with Crippen molar-refractivity contribution in [1.29, 1.82) is 0 Å². The summed E-state index contributed by atoms with van der Waals surface area (Å²) < 4.78 is 15.2. The lowest BCUT2D eigenvalue weighted by atomic mass is 9.81. The molecule has 0 aromatic carbocycles. The predicted octanol–water partition coefficient (Wildman–Crippen LogP) is 3.72. The number of pyridine rings is 1. The molecule has 9 heteroatoms. The second-order valence-electron chi connectivity index (χ2n) is 10.0. The fourth-order valence-corrected chi connectivity index (χ4v) is 4.31. The SMILES string of the molecule is CC(C)Oc1nc2nc([C@@]3(C)CCC(C)OC3)cn2cc1C(=O)Nc1cccn(C2CC2)c1=O. The average molecular weight is 466 g/mol. The van der Waals surface area contributed by atoms with Crippen molar-refractivity contribution in [1.82, 2.24) is 18.9 Å². The summed E-state index contributed by atoms with van der Waals surface area (Å²) in [6.07, 6.45) is 9.28. The largest absolute Gasteiger partial charge is 0.474 e. The van der Waals surface area contributed by atoms with Crippen LogP contribution in [-0.4, -0.2) is 43.7 Å². The summed E-state index contributed by atoms with van der Waals surface area (Å²) >= 11 is 0. The van der Waals surface area contributed by atoms with Gasteiger partial charge in [-0.15, -0.1) is 0 Å². The highest BCUT2D eigenvalue weighted by Gasteiger charge is 2.35. The minimum atomic E-state index is -0.452. The van der Waals surface area contributed by atoms with Gasteiger partial charge in [0.1, 0.15) is 11.3 Å². The van der Waals surface area contributed by atoms with Crippen LogP contribution in [0.5, 0.6) is 5.88 Å². The van der Waals surface area contributed by atoms with E-state index in [1.54, 1.807) is 33.5 Å². The lowest BCUT2D eigenvalue weighted by Crippen LogP contribution is -2.36. The topological polar surface area (TPSA) is 99.8 Å². The molecule has 1 saturated carbocycles. The molecule has 0 bridgehead atoms. The summed E-state index contributed by atoms with van der Waals surface area (Å²) in [5.74, 6) is 0.194. The van der Waals surface area contributed by atoms with Crippen LogP contribution >= 0.6 is 0 Å². The van der Waals surface area contributed by atoms with Crippen LogP contribution < -0.4 is 15.6 Å². The van der Waals surface area contributed by atoms with E-state index in [4.69, 9.17) is 14.5 Å². The third-order valence-corrected chi connectivity index (χ3v) is 6.58. The second kappa shape index (κ2) is 8.54. The molecule has 34 heavy (non-hydrogen) atoms. The van der Waals surface area contributed by atoms with Gasteiger partial charge in [0, 0.05) is 30.0 Å². The molecule has 180 valence electrons. The van der Waals surface area contributed by atoms with Crippen LogP contribution in [0.2, 0.25) is 0 Å². The summed E-state index contributed by atoms with van der Waals surface area (Å²) in [4.78, 5) is 35.4. The fourth-order valence-electron chi connectivity index (χ4n) is 4.31. The zero-order valence-electron chi connectivity index (χ0n) is 20.1. The molecule has 2 fully saturated rings. The number of anilines is 1. The number of imidazole rings is 1. The van der Waals surface area contributed by atoms with E-state index in [2.05, 4.69) is 24.1 Å². The van der Waals surface area contributed by atoms with Crippen molar-refractivity contribution in [3.05, 3.63) is 52.3 Å². The first kappa shape index (κ1) is 22.6. The van der Waals surface area contributed by atoms with Crippen molar-refractivity contribution in [2.75, 3.05) is 11.9 Å². The first-order valence-corrected chi connectivity index (χ1v) is 11.9. The summed E-state index contributed by atoms with van der Waals surface area (Å²) in [7, 11) is 0. The number of hydrogen-bond donors (Lipinski definition) is 1. The summed E-state index contributed by atoms with van der Waals surface area (Å²) in [5, 5.41) is 2.76. The number of carbonyl (C=O) groups is 1. The Bertz CT molecular complexity index is 1280. The van der Waals surface area contributed by atoms with Gasteiger partial charge in [-0.05, 0) is 58.6 Å². The number of aromatic nitrogens is 4. The first-order valence-electron chi connectivity index (χ1n) is 11.9. The van der Waals surface area contributed by atoms with Crippen molar-refractivity contribution in [2.45, 2.75) is 77.0 Å². The lowest BCUT2D eigenvalue weighted by molar-refractivity contribution is -0.0162. The molecule has 2 atom stereocenters. The lowest BCUT2D eigenvalue weighted by Gasteiger charge is -2.34. The fraction of sp³-hybridized carbons (Fsp3) is 0.520. The van der Waals surface area contributed by atoms with E-state index in [0.717, 1.165) is 31.4 Å². The van der Waals surface area contributed by atoms with Crippen LogP contribution in [0.15, 0.2) is 35.5 Å². The maximum atomic E-state index is 13.3. The van der Waals surface area contributed by atoms with Crippen LogP contribution in [0.25, 0.3) is 5.78 Å². The average Bonchev–Trinajstić information content (AvgIpc) is 3.55. The molecule has 1 unspecified atom stereocenters. The third kappa shape index (κ3) is 4.32. The summed E-state index contributed by atoms with van der Waals surface area (Å²) in [6, 6.07) is 3.62. The van der Waals surface area contributed by atoms with Gasteiger partial charge in [0.25, 0.3) is 11.5 Å². The third-order valence-electron chi connectivity index (χ3n) is 6.58. The highest BCUT2D eigenvalue weighted by atomic mass is 16.5. The van der Waals surface area contributed by atoms with Crippen molar-refractivity contribution in [2.24, 2.45) is 0 Å². The smallest absolute Gasteiger partial charge is 0.274 e. The molecule has 1 aliphatic carbocycles. The molecule has 3 aromatic heterocycles. The molecule has 1 amide bonds. The Morgan fingerprint density at radius 1 is 1.26 bits per heavy atom. The molecular weight excluding hydrogens is 434 g/mol. The normalized spacial score (nSPS) is 22.8. The van der Waals surface area contributed by atoms with Crippen LogP contribution in [0, 0.1) is 0 Å². The Kier molecular flexibility index (Phi) is 5.67. The van der Waals surface area contributed by atoms with E-state index in [1.165, 1.54) is 0 Å². The molecule has 0 spiro atoms. The van der Waals surface area contributed by atoms with Gasteiger partial charge in [-0.25, -0.2) is 4.98 Å². The molecular formula is C25H31N5O4. The minimum Gasteiger partial charge on any atom is -0.474 e. The zero-order valence-corrected chi connectivity index (χ0v) is 20.1. The van der Waals surface area contributed by atoms with Gasteiger partial charge in [-0.3, -0.25) is 14.0 Å². The van der Waals surface area contributed by atoms with Gasteiger partial charge >= 0.3 is 0 Å². The van der Waals surface area contributed by atoms with Gasteiger partial charge in [-0.1, -0.05) is 6.92 Å². The Morgan fingerprint density at radius 3 is 2.74 bits per heavy atom. The maximum Gasteiger partial charge on any atom is 0.274 e. The molecule has 1 aliphatic heterocycles. The van der Waals surface area contributed by atoms with E-state index in [9.17, 15) is 9.59 Å². The quantitative estimate of drug-likeness (QED) is 0.596. The number of carbonyl (C=O) groups excluding carboxylic acids is 1. The standard InChI is InChI=1S/C25H31N5O4/c1-15(2)34-22-18(21(31)26-19-6-5-11-30(23(19)32)17-7-8-17)12-29-13-20(27-24(29)28-22)25(4)10-9-16(3)33-14-25/h5-6,11-13,15-17H,7-10,14H2,1-4H3,(H,26,31)/t16?,25-/m0/s1. The highest BCUT2D eigenvalue weighted by Crippen LogP contribution is 2.35. The summed E-state index contributed by atoms with van der Waals surface area (Å²) in [6.45, 7) is 8.55. The molecule has 2 aliphatic rings. The Morgan fingerprint density at radius 2 is 2.06 bits per heavy atom. The van der Waals surface area contributed by atoms with E-state index < -0.39 is 5.91 Å². The Labute approximate surface area is 198 Å². The monoisotopic (exact) mass is 465 g/mol. The minimum absolute atomic E-state index is 0.189. The predicted molar refractivity (Wildman–Crippen MR) is 128 cm³/mol. The first-order chi connectivity index (χ1) is 16.2. The zero-order chi connectivity index (χ0) is 24.0. The van der Waals surface area contributed by atoms with Gasteiger partial charge < -0.3 is 19.4 Å². The number of ether oxygens (including phenoxy) is 2. The van der Waals surface area contributed by atoms with Gasteiger partial charge in [-0.2, -0.15) is 4.98 Å². The molecule has 4 heterocycles. The van der Waals surface area contributed by atoms with Crippen molar-refractivity contribution in [3.63, 3.8) is 0 Å². The number of hydrogen-bond acceptors (Lipinski definition) is 6. The van der Waals surface area contributed by atoms with Gasteiger partial charge in [0.2, 0.25) is 11.7 Å². The number of nitrogens with one attached hydrogen (secondary N) is 1. The van der Waals surface area contributed by atoms with Crippen LogP contribution in [0.4, 0.5) is 5.69 Å². The number of fused-ring (bicyclic) bond motifs is 1. The van der Waals surface area contributed by atoms with Crippen LogP contribution in [0.1, 0.15) is 75.5 Å². The molecule has 9 nitrogen and oxygen atoms in total. The summed E-state index contributed by atoms with van der Waals surface area (Å²) in [5.41, 5.74) is 0.922. The Hall–Kier alpha value is -3.20. The second-order valence-corrected chi connectivity index (χ2v) is 10.0. The van der Waals surface area contributed by atoms with E-state index in [0.29, 0.717) is 12.4 Å². The number of rotatable bonds is 6. The van der Waals surface area contributed by atoms with Crippen molar-refractivity contribution >= 4 is 17.4 Å². The molecule has 5 rings (SSSR count). The number of nitrogens with zero attached hydrogens (tertiary/aromatic N) is 4. The molecule has 3 aromatic rings. The van der Waals surface area contributed by atoms with Crippen molar-refractivity contribution in [3.8, 4) is 5.88 Å². The van der Waals surface area contributed by atoms with E-state index in [-0.39, 0.29) is 46.4 Å². The van der Waals surface area contributed by atoms with E-state index >= 15 is 0 Å². The van der Waals surface area contributed by atoms with Crippen LogP contribution in [-0.2, 0) is 10.2 Å². The van der Waals surface area contributed by atoms with Gasteiger partial charge in [0.05, 0.1) is 24.5 Å². The maximum absolute atomic E-state index is 13.3. The molecule has 1 saturated heterocycles. The van der Waals surface area contributed by atoms with E-state index in [1.807, 2.05) is 20.0 Å².